The van der Waals surface area contributed by atoms with Gasteiger partial charge < -0.3 is 5.32 Å². The molecular weight excluding hydrogens is 228 g/mol. The van der Waals surface area contributed by atoms with E-state index in [9.17, 15) is 0 Å². The molecule has 0 spiro atoms. The molecule has 1 aliphatic rings. The molecule has 1 aromatic rings. The number of benzene rings is 1. The summed E-state index contributed by atoms with van der Waals surface area (Å²) in [5, 5.41) is 3.42. The zero-order chi connectivity index (χ0) is 12.1. The number of hydrogen-bond acceptors (Lipinski definition) is 3. The van der Waals surface area contributed by atoms with Crippen LogP contribution in [-0.4, -0.2) is 37.3 Å². The van der Waals surface area contributed by atoms with Crippen molar-refractivity contribution < 1.29 is 0 Å². The van der Waals surface area contributed by atoms with Crippen molar-refractivity contribution in [2.45, 2.75) is 24.3 Å². The first-order valence-corrected chi connectivity index (χ1v) is 7.66. The van der Waals surface area contributed by atoms with Gasteiger partial charge >= 0.3 is 0 Å². The molecule has 0 amide bonds. The van der Waals surface area contributed by atoms with Gasteiger partial charge in [-0.25, -0.2) is 0 Å². The summed E-state index contributed by atoms with van der Waals surface area (Å²) in [6.07, 6.45) is 3.32. The number of nitrogens with one attached hydrogen (secondary N) is 1. The van der Waals surface area contributed by atoms with Gasteiger partial charge in [0, 0.05) is 37.1 Å². The molecule has 0 aliphatic carbocycles. The molecule has 17 heavy (non-hydrogen) atoms. The lowest BCUT2D eigenvalue weighted by Gasteiger charge is -2.34. The van der Waals surface area contributed by atoms with E-state index in [4.69, 9.17) is 0 Å². The number of thioether (sulfide) groups is 1. The summed E-state index contributed by atoms with van der Waals surface area (Å²) in [4.78, 5) is 3.95. The Morgan fingerprint density at radius 1 is 1.24 bits per heavy atom. The largest absolute Gasteiger partial charge is 0.314 e. The summed E-state index contributed by atoms with van der Waals surface area (Å²) >= 11 is 1.81. The third-order valence-electron chi connectivity index (χ3n) is 3.48. The number of hydrogen-bond donors (Lipinski definition) is 1. The lowest BCUT2D eigenvalue weighted by molar-refractivity contribution is 0.169. The van der Waals surface area contributed by atoms with Crippen molar-refractivity contribution in [1.29, 1.82) is 0 Å². The minimum Gasteiger partial charge on any atom is -0.314 e. The fourth-order valence-electron chi connectivity index (χ4n) is 2.52. The SMILES string of the molecule is CCC(c1ccc(SC)cc1)N1CCNCC1. The normalized spacial score (nSPS) is 19.2. The highest BCUT2D eigenvalue weighted by Gasteiger charge is 2.20. The van der Waals surface area contributed by atoms with Gasteiger partial charge in [0.15, 0.2) is 0 Å². The molecule has 1 N–H and O–H groups in total. The average molecular weight is 250 g/mol. The molecular formula is C14H22N2S. The van der Waals surface area contributed by atoms with Crippen LogP contribution in [0.1, 0.15) is 24.9 Å². The van der Waals surface area contributed by atoms with E-state index in [1.54, 1.807) is 0 Å². The third kappa shape index (κ3) is 3.24. The molecule has 3 heteroatoms. The average Bonchev–Trinajstić information content (AvgIpc) is 2.42. The van der Waals surface area contributed by atoms with E-state index in [0.29, 0.717) is 6.04 Å². The van der Waals surface area contributed by atoms with Gasteiger partial charge in [0.1, 0.15) is 0 Å². The van der Waals surface area contributed by atoms with E-state index < -0.39 is 0 Å². The van der Waals surface area contributed by atoms with Gasteiger partial charge in [-0.15, -0.1) is 11.8 Å². The molecule has 2 nitrogen and oxygen atoms in total. The van der Waals surface area contributed by atoms with Crippen molar-refractivity contribution in [2.75, 3.05) is 32.4 Å². The Balaban J connectivity index is 2.10. The molecule has 1 unspecified atom stereocenters. The third-order valence-corrected chi connectivity index (χ3v) is 4.22. The van der Waals surface area contributed by atoms with Gasteiger partial charge in [-0.3, -0.25) is 4.90 Å². The molecule has 1 atom stereocenters. The molecule has 94 valence electrons. The van der Waals surface area contributed by atoms with Crippen molar-refractivity contribution in [1.82, 2.24) is 10.2 Å². The summed E-state index contributed by atoms with van der Waals surface area (Å²) in [7, 11) is 0. The predicted molar refractivity (Wildman–Crippen MR) is 75.7 cm³/mol. The van der Waals surface area contributed by atoms with Gasteiger partial charge in [-0.05, 0) is 30.4 Å². The summed E-state index contributed by atoms with van der Waals surface area (Å²) in [6, 6.07) is 9.66. The zero-order valence-electron chi connectivity index (χ0n) is 10.8. The fourth-order valence-corrected chi connectivity index (χ4v) is 2.93. The first kappa shape index (κ1) is 12.9. The van der Waals surface area contributed by atoms with E-state index in [1.807, 2.05) is 11.8 Å². The van der Waals surface area contributed by atoms with E-state index in [1.165, 1.54) is 30.0 Å². The van der Waals surface area contributed by atoms with Gasteiger partial charge in [0.05, 0.1) is 0 Å². The van der Waals surface area contributed by atoms with E-state index in [0.717, 1.165) is 13.1 Å². The zero-order valence-corrected chi connectivity index (χ0v) is 11.6. The molecule has 1 aromatic carbocycles. The van der Waals surface area contributed by atoms with E-state index in [-0.39, 0.29) is 0 Å². The second-order valence-corrected chi connectivity index (χ2v) is 5.36. The Morgan fingerprint density at radius 3 is 2.41 bits per heavy atom. The Bertz CT molecular complexity index is 331. The summed E-state index contributed by atoms with van der Waals surface area (Å²) in [6.45, 7) is 6.87. The molecule has 1 saturated heterocycles. The molecule has 1 heterocycles. The Labute approximate surface area is 109 Å². The van der Waals surface area contributed by atoms with Gasteiger partial charge in [0.2, 0.25) is 0 Å². The highest BCUT2D eigenvalue weighted by molar-refractivity contribution is 7.98. The number of rotatable bonds is 4. The molecule has 1 aliphatic heterocycles. The second-order valence-electron chi connectivity index (χ2n) is 4.48. The maximum atomic E-state index is 3.42. The van der Waals surface area contributed by atoms with Gasteiger partial charge in [0.25, 0.3) is 0 Å². The maximum Gasteiger partial charge on any atom is 0.0346 e. The van der Waals surface area contributed by atoms with Crippen LogP contribution in [0.5, 0.6) is 0 Å². The smallest absolute Gasteiger partial charge is 0.0346 e. The Kier molecular flexibility index (Phi) is 4.89. The predicted octanol–water partition coefficient (Wildman–Crippen LogP) is 2.76. The first-order chi connectivity index (χ1) is 8.35. The summed E-state index contributed by atoms with van der Waals surface area (Å²) in [5.74, 6) is 0. The fraction of sp³-hybridized carbons (Fsp3) is 0.571. The van der Waals surface area contributed by atoms with Gasteiger partial charge in [-0.1, -0.05) is 19.1 Å². The molecule has 1 fully saturated rings. The lowest BCUT2D eigenvalue weighted by atomic mass is 10.0. The minimum absolute atomic E-state index is 0.591. The van der Waals surface area contributed by atoms with Crippen LogP contribution in [0.25, 0.3) is 0 Å². The number of piperazine rings is 1. The van der Waals surface area contributed by atoms with Crippen LogP contribution < -0.4 is 5.32 Å². The molecule has 2 rings (SSSR count). The second kappa shape index (κ2) is 6.43. The Morgan fingerprint density at radius 2 is 1.88 bits per heavy atom. The summed E-state index contributed by atoms with van der Waals surface area (Å²) in [5.41, 5.74) is 1.47. The first-order valence-electron chi connectivity index (χ1n) is 6.44. The van der Waals surface area contributed by atoms with Crippen LogP contribution in [0.3, 0.4) is 0 Å². The lowest BCUT2D eigenvalue weighted by Crippen LogP contribution is -2.45. The van der Waals surface area contributed by atoms with Crippen LogP contribution in [-0.2, 0) is 0 Å². The van der Waals surface area contributed by atoms with Crippen LogP contribution in [0.15, 0.2) is 29.2 Å². The molecule has 0 bridgehead atoms. The highest BCUT2D eigenvalue weighted by Crippen LogP contribution is 2.26. The van der Waals surface area contributed by atoms with Crippen molar-refractivity contribution in [3.05, 3.63) is 29.8 Å². The molecule has 0 saturated carbocycles. The minimum atomic E-state index is 0.591. The van der Waals surface area contributed by atoms with Crippen molar-refractivity contribution >= 4 is 11.8 Å². The van der Waals surface area contributed by atoms with Gasteiger partial charge in [-0.2, -0.15) is 0 Å². The van der Waals surface area contributed by atoms with Crippen molar-refractivity contribution in [3.63, 3.8) is 0 Å². The maximum absolute atomic E-state index is 3.42. The quantitative estimate of drug-likeness (QED) is 0.827. The topological polar surface area (TPSA) is 15.3 Å². The standard InChI is InChI=1S/C14H22N2S/c1-3-14(16-10-8-15-9-11-16)12-4-6-13(17-2)7-5-12/h4-7,14-15H,3,8-11H2,1-2H3. The van der Waals surface area contributed by atoms with E-state index >= 15 is 0 Å². The highest BCUT2D eigenvalue weighted by atomic mass is 32.2. The van der Waals surface area contributed by atoms with Crippen LogP contribution >= 0.6 is 11.8 Å². The van der Waals surface area contributed by atoms with Crippen LogP contribution in [0.2, 0.25) is 0 Å². The molecule has 0 radical (unpaired) electrons. The van der Waals surface area contributed by atoms with Crippen LogP contribution in [0, 0.1) is 0 Å². The Hall–Kier alpha value is -0.510. The van der Waals surface area contributed by atoms with E-state index in [2.05, 4.69) is 47.7 Å². The number of nitrogens with zero attached hydrogens (tertiary/aromatic N) is 1. The summed E-state index contributed by atoms with van der Waals surface area (Å²) < 4.78 is 0. The monoisotopic (exact) mass is 250 g/mol. The molecule has 0 aromatic heterocycles. The van der Waals surface area contributed by atoms with Crippen LogP contribution in [0.4, 0.5) is 0 Å². The van der Waals surface area contributed by atoms with Crippen molar-refractivity contribution in [3.8, 4) is 0 Å². The van der Waals surface area contributed by atoms with Crippen molar-refractivity contribution in [2.24, 2.45) is 0 Å².